The first-order valence-electron chi connectivity index (χ1n) is 6.84. The molecule has 8 heteroatoms. The Morgan fingerprint density at radius 2 is 2.05 bits per heavy atom. The van der Waals surface area contributed by atoms with Gasteiger partial charge in [-0.2, -0.15) is 8.78 Å². The molecular weight excluding hydrogens is 379 g/mol. The van der Waals surface area contributed by atoms with E-state index >= 15 is 0 Å². The van der Waals surface area contributed by atoms with Gasteiger partial charge in [0.1, 0.15) is 0 Å². The summed E-state index contributed by atoms with van der Waals surface area (Å²) in [6.07, 6.45) is -0.364. The van der Waals surface area contributed by atoms with Crippen molar-refractivity contribution in [1.29, 1.82) is 0 Å². The third-order valence-corrected chi connectivity index (χ3v) is 5.36. The smallest absolute Gasteiger partial charge is 0.320 e. The van der Waals surface area contributed by atoms with Crippen LogP contribution in [0.5, 0.6) is 0 Å². The molecule has 1 rings (SSSR count). The molecule has 1 aromatic rings. The maximum Gasteiger partial charge on any atom is 0.402 e. The van der Waals surface area contributed by atoms with Gasteiger partial charge in [-0.1, -0.05) is 35.0 Å². The summed E-state index contributed by atoms with van der Waals surface area (Å²) in [5, 5.41) is 0. The van der Waals surface area contributed by atoms with Gasteiger partial charge in [0, 0.05) is 16.6 Å². The Morgan fingerprint density at radius 1 is 1.45 bits per heavy atom. The van der Waals surface area contributed by atoms with E-state index in [1.54, 1.807) is 6.92 Å². The Kier molecular flexibility index (Phi) is 6.72. The highest BCUT2D eigenvalue weighted by Crippen LogP contribution is 2.64. The van der Waals surface area contributed by atoms with Gasteiger partial charge in [-0.05, 0) is 39.1 Å². The summed E-state index contributed by atoms with van der Waals surface area (Å²) in [5.74, 6) is 0. The van der Waals surface area contributed by atoms with Crippen LogP contribution in [0.3, 0.4) is 0 Å². The van der Waals surface area contributed by atoms with E-state index in [2.05, 4.69) is 20.5 Å². The monoisotopic (exact) mass is 399 g/mol. The largest absolute Gasteiger partial charge is 0.402 e. The molecule has 2 unspecified atom stereocenters. The molecule has 0 heterocycles. The van der Waals surface area contributed by atoms with Crippen molar-refractivity contribution in [1.82, 2.24) is 4.90 Å². The zero-order valence-corrected chi connectivity index (χ0v) is 15.5. The summed E-state index contributed by atoms with van der Waals surface area (Å²) < 4.78 is 45.6. The number of benzene rings is 1. The molecule has 22 heavy (non-hydrogen) atoms. The molecule has 126 valence electrons. The summed E-state index contributed by atoms with van der Waals surface area (Å²) in [5.41, 5.74) is -3.72. The van der Waals surface area contributed by atoms with E-state index in [-0.39, 0.29) is 4.47 Å². The van der Waals surface area contributed by atoms with E-state index in [1.807, 2.05) is 19.0 Å². The molecule has 0 aromatic heterocycles. The lowest BCUT2D eigenvalue weighted by Gasteiger charge is -2.26. The SMILES string of the molecule is CCC(C)OP(=O)(O)C(F)(F)c1ccc(CN(C)C)cc1Br. The Hall–Kier alpha value is -0.330. The Balaban J connectivity index is 3.14. The maximum atomic E-state index is 14.4. The molecule has 1 N–H and O–H groups in total. The number of nitrogens with zero attached hydrogens (tertiary/aromatic N) is 1. The number of rotatable bonds is 7. The van der Waals surface area contributed by atoms with Gasteiger partial charge in [-0.25, -0.2) is 0 Å². The molecule has 0 aliphatic rings. The zero-order chi connectivity index (χ0) is 17.1. The van der Waals surface area contributed by atoms with Crippen LogP contribution in [-0.4, -0.2) is 30.0 Å². The van der Waals surface area contributed by atoms with Crippen molar-refractivity contribution < 1.29 is 22.8 Å². The molecule has 0 fully saturated rings. The minimum Gasteiger partial charge on any atom is -0.320 e. The van der Waals surface area contributed by atoms with Crippen molar-refractivity contribution in [2.75, 3.05) is 14.1 Å². The average Bonchev–Trinajstić information content (AvgIpc) is 2.36. The molecule has 0 bridgehead atoms. The van der Waals surface area contributed by atoms with Crippen LogP contribution in [0.4, 0.5) is 8.78 Å². The fourth-order valence-corrected chi connectivity index (χ4v) is 3.90. The van der Waals surface area contributed by atoms with Crippen LogP contribution < -0.4 is 0 Å². The lowest BCUT2D eigenvalue weighted by Crippen LogP contribution is -2.20. The molecule has 0 spiro atoms. The first-order chi connectivity index (χ1) is 10.0. The molecule has 0 aliphatic carbocycles. The van der Waals surface area contributed by atoms with Crippen LogP contribution in [0.1, 0.15) is 31.4 Å². The third-order valence-electron chi connectivity index (χ3n) is 3.11. The van der Waals surface area contributed by atoms with Crippen molar-refractivity contribution in [3.63, 3.8) is 0 Å². The second-order valence-corrected chi connectivity index (χ2v) is 8.11. The molecule has 0 radical (unpaired) electrons. The molecule has 1 aromatic carbocycles. The molecule has 0 saturated heterocycles. The topological polar surface area (TPSA) is 49.8 Å². The number of hydrogen-bond acceptors (Lipinski definition) is 3. The van der Waals surface area contributed by atoms with Crippen LogP contribution in [0.2, 0.25) is 0 Å². The van der Waals surface area contributed by atoms with Crippen LogP contribution >= 0.6 is 23.5 Å². The van der Waals surface area contributed by atoms with Crippen LogP contribution in [0.25, 0.3) is 0 Å². The number of hydrogen-bond donors (Lipinski definition) is 1. The molecule has 0 amide bonds. The Labute approximate surface area is 138 Å². The highest BCUT2D eigenvalue weighted by Gasteiger charge is 2.54. The normalized spacial score (nSPS) is 16.6. The maximum absolute atomic E-state index is 14.4. The first-order valence-corrected chi connectivity index (χ1v) is 9.21. The van der Waals surface area contributed by atoms with E-state index in [0.717, 1.165) is 11.6 Å². The van der Waals surface area contributed by atoms with Crippen LogP contribution in [0, 0.1) is 0 Å². The van der Waals surface area contributed by atoms with Crippen LogP contribution in [-0.2, 0) is 21.3 Å². The molecule has 0 aliphatic heterocycles. The third kappa shape index (κ3) is 4.59. The Morgan fingerprint density at radius 3 is 2.50 bits per heavy atom. The predicted molar refractivity (Wildman–Crippen MR) is 86.1 cm³/mol. The minimum absolute atomic E-state index is 0.0823. The van der Waals surface area contributed by atoms with Crippen molar-refractivity contribution in [3.8, 4) is 0 Å². The number of alkyl halides is 2. The number of halogens is 3. The molecule has 2 atom stereocenters. The predicted octanol–water partition coefficient (Wildman–Crippen LogP) is 4.56. The van der Waals surface area contributed by atoms with Crippen molar-refractivity contribution in [2.45, 2.75) is 38.6 Å². The highest BCUT2D eigenvalue weighted by atomic mass is 79.9. The highest BCUT2D eigenvalue weighted by molar-refractivity contribution is 9.10. The summed E-state index contributed by atoms with van der Waals surface area (Å²) >= 11 is 3.06. The zero-order valence-electron chi connectivity index (χ0n) is 13.0. The fraction of sp³-hybridized carbons (Fsp3) is 0.571. The van der Waals surface area contributed by atoms with E-state index in [9.17, 15) is 18.2 Å². The lowest BCUT2D eigenvalue weighted by molar-refractivity contribution is 0.0341. The second-order valence-electron chi connectivity index (χ2n) is 5.44. The summed E-state index contributed by atoms with van der Waals surface area (Å²) in [7, 11) is -1.41. The van der Waals surface area contributed by atoms with Gasteiger partial charge >= 0.3 is 13.3 Å². The van der Waals surface area contributed by atoms with Gasteiger partial charge in [-0.15, -0.1) is 0 Å². The van der Waals surface area contributed by atoms with Gasteiger partial charge < -0.3 is 14.3 Å². The molecule has 0 saturated carbocycles. The van der Waals surface area contributed by atoms with Crippen LogP contribution in [0.15, 0.2) is 22.7 Å². The van der Waals surface area contributed by atoms with E-state index < -0.39 is 24.9 Å². The van der Waals surface area contributed by atoms with E-state index in [1.165, 1.54) is 19.1 Å². The minimum atomic E-state index is -5.13. The lowest BCUT2D eigenvalue weighted by atomic mass is 10.1. The van der Waals surface area contributed by atoms with Gasteiger partial charge in [0.2, 0.25) is 0 Å². The average molecular weight is 400 g/mol. The van der Waals surface area contributed by atoms with Gasteiger partial charge in [-0.3, -0.25) is 4.57 Å². The first kappa shape index (κ1) is 19.7. The van der Waals surface area contributed by atoms with Crippen molar-refractivity contribution >= 4 is 23.5 Å². The molecule has 4 nitrogen and oxygen atoms in total. The van der Waals surface area contributed by atoms with Crippen molar-refractivity contribution in [3.05, 3.63) is 33.8 Å². The molecular formula is C14H21BrF2NO3P. The fourth-order valence-electron chi connectivity index (χ4n) is 1.80. The quantitative estimate of drug-likeness (QED) is 0.682. The van der Waals surface area contributed by atoms with E-state index in [4.69, 9.17) is 0 Å². The van der Waals surface area contributed by atoms with Gasteiger partial charge in [0.25, 0.3) is 0 Å². The van der Waals surface area contributed by atoms with Gasteiger partial charge in [0.05, 0.1) is 6.10 Å². The van der Waals surface area contributed by atoms with E-state index in [0.29, 0.717) is 13.0 Å². The standard InChI is InChI=1S/C14H21BrF2NO3P/c1-5-10(2)21-22(19,20)14(16,17)12-7-6-11(8-13(12)15)9-18(3)4/h6-8,10H,5,9H2,1-4H3,(H,19,20). The summed E-state index contributed by atoms with van der Waals surface area (Å²) in [6, 6.07) is 4.19. The summed E-state index contributed by atoms with van der Waals surface area (Å²) in [4.78, 5) is 11.6. The second kappa shape index (κ2) is 7.49. The van der Waals surface area contributed by atoms with Gasteiger partial charge in [0.15, 0.2) is 0 Å². The van der Waals surface area contributed by atoms with Crippen molar-refractivity contribution in [2.24, 2.45) is 0 Å². The Bertz CT molecular complexity index is 569. The summed E-state index contributed by atoms with van der Waals surface area (Å²) in [6.45, 7) is 3.74.